The summed E-state index contributed by atoms with van der Waals surface area (Å²) in [7, 11) is -3.81. The lowest BCUT2D eigenvalue weighted by Gasteiger charge is -2.27. The molecule has 1 aliphatic rings. The molecule has 0 atom stereocenters. The molecule has 0 aromatic heterocycles. The van der Waals surface area contributed by atoms with Gasteiger partial charge in [-0.05, 0) is 48.7 Å². The minimum atomic E-state index is -3.81. The Bertz CT molecular complexity index is 1050. The molecule has 2 amide bonds. The molecule has 0 radical (unpaired) electrons. The van der Waals surface area contributed by atoms with E-state index in [0.29, 0.717) is 19.5 Å². The molecule has 2 N–H and O–H groups in total. The molecule has 0 bridgehead atoms. The molecular formula is C22H25N3O4S. The van der Waals surface area contributed by atoms with E-state index in [0.717, 1.165) is 24.1 Å². The zero-order valence-corrected chi connectivity index (χ0v) is 17.5. The largest absolute Gasteiger partial charge is 0.349 e. The first-order valence-electron chi connectivity index (χ1n) is 9.79. The summed E-state index contributed by atoms with van der Waals surface area (Å²) in [6.45, 7) is 4.58. The first-order valence-corrected chi connectivity index (χ1v) is 11.3. The first-order chi connectivity index (χ1) is 14.4. The molecule has 0 spiro atoms. The Morgan fingerprint density at radius 3 is 2.70 bits per heavy atom. The molecule has 30 heavy (non-hydrogen) atoms. The lowest BCUT2D eigenvalue weighted by Crippen LogP contribution is -2.35. The predicted octanol–water partition coefficient (Wildman–Crippen LogP) is 2.60. The molecule has 158 valence electrons. The number of anilines is 1. The van der Waals surface area contributed by atoms with Gasteiger partial charge in [-0.1, -0.05) is 24.3 Å². The van der Waals surface area contributed by atoms with Crippen LogP contribution in [-0.4, -0.2) is 33.3 Å². The number of carbonyl (C=O) groups excluding carboxylic acids is 2. The lowest BCUT2D eigenvalue weighted by molar-refractivity contribution is -0.119. The molecule has 1 fully saturated rings. The van der Waals surface area contributed by atoms with Gasteiger partial charge in [0.25, 0.3) is 5.91 Å². The van der Waals surface area contributed by atoms with Crippen LogP contribution in [0.2, 0.25) is 0 Å². The van der Waals surface area contributed by atoms with Gasteiger partial charge >= 0.3 is 0 Å². The average molecular weight is 428 g/mol. The SMILES string of the molecule is C=CCNC(=O)c1cccc(S(=O)(=O)NCc2cccc(N3CCCCC3=O)c2)c1. The summed E-state index contributed by atoms with van der Waals surface area (Å²) in [6, 6.07) is 13.2. The fourth-order valence-corrected chi connectivity index (χ4v) is 4.31. The molecule has 1 aliphatic heterocycles. The van der Waals surface area contributed by atoms with Crippen LogP contribution < -0.4 is 14.9 Å². The second-order valence-electron chi connectivity index (χ2n) is 7.02. The molecule has 1 heterocycles. The lowest BCUT2D eigenvalue weighted by atomic mass is 10.1. The van der Waals surface area contributed by atoms with E-state index < -0.39 is 10.0 Å². The van der Waals surface area contributed by atoms with Crippen LogP contribution >= 0.6 is 0 Å². The molecule has 1 saturated heterocycles. The monoisotopic (exact) mass is 427 g/mol. The van der Waals surface area contributed by atoms with E-state index in [4.69, 9.17) is 0 Å². The Morgan fingerprint density at radius 2 is 1.93 bits per heavy atom. The highest BCUT2D eigenvalue weighted by molar-refractivity contribution is 7.89. The topological polar surface area (TPSA) is 95.6 Å². The van der Waals surface area contributed by atoms with E-state index in [1.165, 1.54) is 18.2 Å². The van der Waals surface area contributed by atoms with Gasteiger partial charge in [-0.15, -0.1) is 6.58 Å². The molecule has 3 rings (SSSR count). The number of nitrogens with zero attached hydrogens (tertiary/aromatic N) is 1. The van der Waals surface area contributed by atoms with Gasteiger partial charge in [0.2, 0.25) is 15.9 Å². The van der Waals surface area contributed by atoms with Crippen molar-refractivity contribution < 1.29 is 18.0 Å². The zero-order chi connectivity index (χ0) is 21.6. The minimum absolute atomic E-state index is 0.0103. The Labute approximate surface area is 176 Å². The van der Waals surface area contributed by atoms with E-state index >= 15 is 0 Å². The predicted molar refractivity (Wildman–Crippen MR) is 116 cm³/mol. The molecule has 0 aliphatic carbocycles. The van der Waals surface area contributed by atoms with E-state index in [9.17, 15) is 18.0 Å². The van der Waals surface area contributed by atoms with Crippen molar-refractivity contribution in [2.75, 3.05) is 18.0 Å². The van der Waals surface area contributed by atoms with Gasteiger partial charge in [0.1, 0.15) is 0 Å². The standard InChI is InChI=1S/C22H25N3O4S/c1-2-12-23-22(27)18-8-6-10-20(15-18)30(28,29)24-16-17-7-5-9-19(14-17)25-13-4-3-11-21(25)26/h2,5-10,14-15,24H,1,3-4,11-13,16H2,(H,23,27). The maximum atomic E-state index is 12.7. The number of rotatable bonds is 8. The van der Waals surface area contributed by atoms with Crippen molar-refractivity contribution in [2.45, 2.75) is 30.7 Å². The number of amides is 2. The summed E-state index contributed by atoms with van der Waals surface area (Å²) >= 11 is 0. The molecule has 0 saturated carbocycles. The minimum Gasteiger partial charge on any atom is -0.349 e. The van der Waals surface area contributed by atoms with Crippen molar-refractivity contribution >= 4 is 27.5 Å². The molecule has 2 aromatic rings. The quantitative estimate of drug-likeness (QED) is 0.633. The Kier molecular flexibility index (Phi) is 7.02. The molecular weight excluding hydrogens is 402 g/mol. The van der Waals surface area contributed by atoms with Crippen LogP contribution in [0.5, 0.6) is 0 Å². The third kappa shape index (κ3) is 5.34. The van der Waals surface area contributed by atoms with E-state index in [2.05, 4.69) is 16.6 Å². The van der Waals surface area contributed by atoms with Crippen LogP contribution in [0.1, 0.15) is 35.2 Å². The number of hydrogen-bond acceptors (Lipinski definition) is 4. The fourth-order valence-electron chi connectivity index (χ4n) is 3.25. The van der Waals surface area contributed by atoms with Gasteiger partial charge in [-0.2, -0.15) is 0 Å². The highest BCUT2D eigenvalue weighted by Crippen LogP contribution is 2.22. The number of sulfonamides is 1. The van der Waals surface area contributed by atoms with Crippen LogP contribution in [0.4, 0.5) is 5.69 Å². The van der Waals surface area contributed by atoms with Crippen molar-refractivity contribution in [1.82, 2.24) is 10.0 Å². The van der Waals surface area contributed by atoms with Crippen LogP contribution in [-0.2, 0) is 21.4 Å². The normalized spacial score (nSPS) is 14.4. The molecule has 2 aromatic carbocycles. The summed E-state index contributed by atoms with van der Waals surface area (Å²) in [5.41, 5.74) is 1.77. The van der Waals surface area contributed by atoms with Gasteiger partial charge < -0.3 is 10.2 Å². The third-order valence-corrected chi connectivity index (χ3v) is 6.22. The Balaban J connectivity index is 1.71. The molecule has 7 nitrogen and oxygen atoms in total. The Hall–Kier alpha value is -2.97. The number of carbonyl (C=O) groups is 2. The Morgan fingerprint density at radius 1 is 1.13 bits per heavy atom. The maximum absolute atomic E-state index is 12.7. The highest BCUT2D eigenvalue weighted by Gasteiger charge is 2.20. The second kappa shape index (κ2) is 9.69. The molecule has 8 heteroatoms. The average Bonchev–Trinajstić information content (AvgIpc) is 2.77. The van der Waals surface area contributed by atoms with Crippen molar-refractivity contribution in [1.29, 1.82) is 0 Å². The van der Waals surface area contributed by atoms with Gasteiger partial charge in [0.15, 0.2) is 0 Å². The van der Waals surface area contributed by atoms with E-state index in [-0.39, 0.29) is 28.8 Å². The van der Waals surface area contributed by atoms with Crippen molar-refractivity contribution in [3.63, 3.8) is 0 Å². The summed E-state index contributed by atoms with van der Waals surface area (Å²) in [5.74, 6) is -0.281. The number of piperidine rings is 1. The van der Waals surface area contributed by atoms with Gasteiger partial charge in [-0.3, -0.25) is 9.59 Å². The summed E-state index contributed by atoms with van der Waals surface area (Å²) < 4.78 is 28.0. The number of hydrogen-bond donors (Lipinski definition) is 2. The highest BCUT2D eigenvalue weighted by atomic mass is 32.2. The van der Waals surface area contributed by atoms with Gasteiger partial charge in [0.05, 0.1) is 4.90 Å². The molecule has 0 unspecified atom stereocenters. The third-order valence-electron chi connectivity index (χ3n) is 4.83. The van der Waals surface area contributed by atoms with E-state index in [1.807, 2.05) is 18.2 Å². The summed E-state index contributed by atoms with van der Waals surface area (Å²) in [6.07, 6.45) is 3.94. The summed E-state index contributed by atoms with van der Waals surface area (Å²) in [4.78, 5) is 26.0. The van der Waals surface area contributed by atoms with E-state index in [1.54, 1.807) is 23.1 Å². The fraction of sp³-hybridized carbons (Fsp3) is 0.273. The summed E-state index contributed by atoms with van der Waals surface area (Å²) in [5, 5.41) is 2.62. The zero-order valence-electron chi connectivity index (χ0n) is 16.6. The second-order valence-corrected chi connectivity index (χ2v) is 8.79. The first kappa shape index (κ1) is 21.7. The van der Waals surface area contributed by atoms with Crippen molar-refractivity contribution in [3.8, 4) is 0 Å². The van der Waals surface area contributed by atoms with Gasteiger partial charge in [0, 0.05) is 37.3 Å². The maximum Gasteiger partial charge on any atom is 0.251 e. The smallest absolute Gasteiger partial charge is 0.251 e. The number of nitrogens with one attached hydrogen (secondary N) is 2. The van der Waals surface area contributed by atoms with Crippen LogP contribution in [0.3, 0.4) is 0 Å². The van der Waals surface area contributed by atoms with Gasteiger partial charge in [-0.25, -0.2) is 13.1 Å². The van der Waals surface area contributed by atoms with Crippen molar-refractivity contribution in [2.24, 2.45) is 0 Å². The van der Waals surface area contributed by atoms with Crippen LogP contribution in [0.15, 0.2) is 66.1 Å². The van der Waals surface area contributed by atoms with Crippen LogP contribution in [0.25, 0.3) is 0 Å². The number of benzene rings is 2. The van der Waals surface area contributed by atoms with Crippen molar-refractivity contribution in [3.05, 3.63) is 72.3 Å². The van der Waals surface area contributed by atoms with Crippen LogP contribution in [0, 0.1) is 0 Å².